The predicted octanol–water partition coefficient (Wildman–Crippen LogP) is 2.83. The summed E-state index contributed by atoms with van der Waals surface area (Å²) in [6.45, 7) is 0.145. The van der Waals surface area contributed by atoms with Crippen LogP contribution in [0.3, 0.4) is 0 Å². The molecule has 124 valence electrons. The van der Waals surface area contributed by atoms with Crippen LogP contribution in [0.5, 0.6) is 0 Å². The van der Waals surface area contributed by atoms with Gasteiger partial charge in [-0.15, -0.1) is 0 Å². The lowest BCUT2D eigenvalue weighted by molar-refractivity contribution is 0.466. The largest absolute Gasteiger partial charge is 0.243 e. The van der Waals surface area contributed by atoms with Crippen LogP contribution in [0.4, 0.5) is 4.39 Å². The molecule has 0 atom stereocenters. The molecule has 24 heavy (non-hydrogen) atoms. The van der Waals surface area contributed by atoms with Crippen LogP contribution in [0.2, 0.25) is 0 Å². The summed E-state index contributed by atoms with van der Waals surface area (Å²) in [5.41, 5.74) is 1.63. The summed E-state index contributed by atoms with van der Waals surface area (Å²) in [5.74, 6) is -0.582. The molecule has 0 spiro atoms. The second-order valence-corrected chi connectivity index (χ2v) is 7.39. The highest BCUT2D eigenvalue weighted by Gasteiger charge is 2.21. The van der Waals surface area contributed by atoms with Gasteiger partial charge in [-0.25, -0.2) is 17.5 Å². The average Bonchev–Trinajstić information content (AvgIpc) is 3.04. The van der Waals surface area contributed by atoms with Crippen LogP contribution in [-0.2, 0) is 16.6 Å². The minimum atomic E-state index is -3.76. The molecule has 7 heteroatoms. The molecule has 5 nitrogen and oxygen atoms in total. The van der Waals surface area contributed by atoms with E-state index in [4.69, 9.17) is 0 Å². The number of rotatable bonds is 5. The monoisotopic (exact) mass is 345 g/mol. The zero-order valence-electron chi connectivity index (χ0n) is 13.0. The van der Waals surface area contributed by atoms with Crippen LogP contribution in [0.1, 0.15) is 5.56 Å². The molecule has 3 rings (SSSR count). The molecule has 0 saturated heterocycles. The van der Waals surface area contributed by atoms with Gasteiger partial charge in [-0.05, 0) is 30.3 Å². The molecule has 1 heterocycles. The summed E-state index contributed by atoms with van der Waals surface area (Å²) < 4.78 is 41.1. The highest BCUT2D eigenvalue weighted by Crippen LogP contribution is 2.18. The van der Waals surface area contributed by atoms with Gasteiger partial charge in [0.05, 0.1) is 16.8 Å². The van der Waals surface area contributed by atoms with Gasteiger partial charge in [0.1, 0.15) is 5.82 Å². The van der Waals surface area contributed by atoms with Crippen LogP contribution in [0.25, 0.3) is 5.69 Å². The van der Waals surface area contributed by atoms with Crippen molar-refractivity contribution in [3.63, 3.8) is 0 Å². The molecule has 0 aliphatic heterocycles. The highest BCUT2D eigenvalue weighted by molar-refractivity contribution is 7.89. The van der Waals surface area contributed by atoms with Crippen molar-refractivity contribution in [3.8, 4) is 5.69 Å². The number of para-hydroxylation sites is 1. The maximum absolute atomic E-state index is 13.3. The number of hydrogen-bond donors (Lipinski definition) is 0. The Morgan fingerprint density at radius 2 is 1.88 bits per heavy atom. The third-order valence-corrected chi connectivity index (χ3v) is 5.37. The molecule has 0 N–H and O–H groups in total. The third kappa shape index (κ3) is 3.37. The van der Waals surface area contributed by atoms with Gasteiger partial charge in [0.25, 0.3) is 0 Å². The van der Waals surface area contributed by atoms with Gasteiger partial charge < -0.3 is 0 Å². The molecule has 0 amide bonds. The number of hydrogen-bond acceptors (Lipinski definition) is 3. The minimum Gasteiger partial charge on any atom is -0.241 e. The summed E-state index contributed by atoms with van der Waals surface area (Å²) >= 11 is 0. The lowest BCUT2D eigenvalue weighted by atomic mass is 10.3. The van der Waals surface area contributed by atoms with Gasteiger partial charge in [-0.1, -0.05) is 24.3 Å². The quantitative estimate of drug-likeness (QED) is 0.714. The van der Waals surface area contributed by atoms with Crippen molar-refractivity contribution in [1.82, 2.24) is 14.1 Å². The molecular formula is C17H16FN3O2S. The van der Waals surface area contributed by atoms with Crippen LogP contribution >= 0.6 is 0 Å². The molecule has 2 aromatic carbocycles. The Bertz CT molecular complexity index is 939. The number of aromatic nitrogens is 2. The van der Waals surface area contributed by atoms with Crippen LogP contribution < -0.4 is 0 Å². The van der Waals surface area contributed by atoms with Crippen LogP contribution in [-0.4, -0.2) is 29.6 Å². The van der Waals surface area contributed by atoms with E-state index in [1.54, 1.807) is 17.1 Å². The van der Waals surface area contributed by atoms with E-state index >= 15 is 0 Å². The van der Waals surface area contributed by atoms with Crippen molar-refractivity contribution in [3.05, 3.63) is 78.4 Å². The minimum absolute atomic E-state index is 0.0690. The molecule has 3 aromatic rings. The Morgan fingerprint density at radius 3 is 2.58 bits per heavy atom. The van der Waals surface area contributed by atoms with E-state index in [-0.39, 0.29) is 11.4 Å². The van der Waals surface area contributed by atoms with E-state index in [9.17, 15) is 12.8 Å². The first-order valence-electron chi connectivity index (χ1n) is 7.28. The molecule has 0 aliphatic rings. The van der Waals surface area contributed by atoms with E-state index < -0.39 is 15.8 Å². The normalized spacial score (nSPS) is 11.8. The summed E-state index contributed by atoms with van der Waals surface area (Å²) in [4.78, 5) is -0.0690. The summed E-state index contributed by atoms with van der Waals surface area (Å²) in [6.07, 6.45) is 3.39. The maximum atomic E-state index is 13.3. The number of nitrogens with zero attached hydrogens (tertiary/aromatic N) is 3. The van der Waals surface area contributed by atoms with Gasteiger partial charge in [-0.3, -0.25) is 0 Å². The highest BCUT2D eigenvalue weighted by atomic mass is 32.2. The standard InChI is InChI=1S/C17H16FN3O2S/c1-20(24(22,23)17-9-5-6-15(18)10-17)12-14-11-19-21(13-14)16-7-3-2-4-8-16/h2-11,13H,12H2,1H3. The lowest BCUT2D eigenvalue weighted by Gasteiger charge is -2.16. The Morgan fingerprint density at radius 1 is 1.12 bits per heavy atom. The Balaban J connectivity index is 1.80. The van der Waals surface area contributed by atoms with Crippen LogP contribution in [0.15, 0.2) is 71.9 Å². The number of benzene rings is 2. The van der Waals surface area contributed by atoms with E-state index in [0.29, 0.717) is 0 Å². The van der Waals surface area contributed by atoms with Crippen molar-refractivity contribution < 1.29 is 12.8 Å². The first kappa shape index (κ1) is 16.4. The lowest BCUT2D eigenvalue weighted by Crippen LogP contribution is -2.26. The molecular weight excluding hydrogens is 329 g/mol. The van der Waals surface area contributed by atoms with Crippen molar-refractivity contribution >= 4 is 10.0 Å². The first-order chi connectivity index (χ1) is 11.5. The fourth-order valence-electron chi connectivity index (χ4n) is 2.31. The van der Waals surface area contributed by atoms with Crippen molar-refractivity contribution in [2.24, 2.45) is 0 Å². The molecule has 0 fully saturated rings. The number of halogens is 1. The van der Waals surface area contributed by atoms with E-state index in [1.165, 1.54) is 29.6 Å². The second-order valence-electron chi connectivity index (χ2n) is 5.35. The van der Waals surface area contributed by atoms with Gasteiger partial charge in [0.15, 0.2) is 0 Å². The Kier molecular flexibility index (Phi) is 4.46. The zero-order chi connectivity index (χ0) is 17.2. The van der Waals surface area contributed by atoms with Gasteiger partial charge in [0, 0.05) is 25.4 Å². The van der Waals surface area contributed by atoms with E-state index in [1.807, 2.05) is 30.3 Å². The Labute approximate surface area is 140 Å². The number of sulfonamides is 1. The topological polar surface area (TPSA) is 55.2 Å². The van der Waals surface area contributed by atoms with Gasteiger partial charge >= 0.3 is 0 Å². The van der Waals surface area contributed by atoms with Crippen LogP contribution in [0, 0.1) is 5.82 Å². The van der Waals surface area contributed by atoms with Crippen molar-refractivity contribution in [2.75, 3.05) is 7.05 Å². The van der Waals surface area contributed by atoms with Crippen molar-refractivity contribution in [1.29, 1.82) is 0 Å². The van der Waals surface area contributed by atoms with Gasteiger partial charge in [-0.2, -0.15) is 9.40 Å². The third-order valence-electron chi connectivity index (χ3n) is 3.57. The SMILES string of the molecule is CN(Cc1cnn(-c2ccccc2)c1)S(=O)(=O)c1cccc(F)c1. The van der Waals surface area contributed by atoms with Gasteiger partial charge in [0.2, 0.25) is 10.0 Å². The molecule has 0 saturated carbocycles. The molecule has 0 aliphatic carbocycles. The predicted molar refractivity (Wildman–Crippen MR) is 88.6 cm³/mol. The van der Waals surface area contributed by atoms with E-state index in [2.05, 4.69) is 5.10 Å². The average molecular weight is 345 g/mol. The molecule has 0 unspecified atom stereocenters. The summed E-state index contributed by atoms with van der Waals surface area (Å²) in [6, 6.07) is 14.5. The second kappa shape index (κ2) is 6.54. The molecule has 0 radical (unpaired) electrons. The maximum Gasteiger partial charge on any atom is 0.243 e. The fourth-order valence-corrected chi connectivity index (χ4v) is 3.50. The van der Waals surface area contributed by atoms with Crippen molar-refractivity contribution in [2.45, 2.75) is 11.4 Å². The summed E-state index contributed by atoms with van der Waals surface area (Å²) in [7, 11) is -2.30. The zero-order valence-corrected chi connectivity index (χ0v) is 13.8. The fraction of sp³-hybridized carbons (Fsp3) is 0.118. The smallest absolute Gasteiger partial charge is 0.241 e. The van der Waals surface area contributed by atoms with E-state index in [0.717, 1.165) is 17.3 Å². The Hall–Kier alpha value is -2.51. The molecule has 0 bridgehead atoms. The summed E-state index contributed by atoms with van der Waals surface area (Å²) in [5, 5.41) is 4.24. The molecule has 1 aromatic heterocycles. The first-order valence-corrected chi connectivity index (χ1v) is 8.72.